The summed E-state index contributed by atoms with van der Waals surface area (Å²) in [4.78, 5) is 33.3. The van der Waals surface area contributed by atoms with Crippen LogP contribution in [-0.2, 0) is 16.0 Å². The lowest BCUT2D eigenvalue weighted by molar-refractivity contribution is -0.136. The molecule has 2 amide bonds. The molecule has 2 heterocycles. The molecular formula is C20H23N3O2. The largest absolute Gasteiger partial charge is 0.319 e. The van der Waals surface area contributed by atoms with E-state index in [1.165, 1.54) is 0 Å². The molecule has 2 unspecified atom stereocenters. The van der Waals surface area contributed by atoms with Crippen LogP contribution in [0.5, 0.6) is 0 Å². The molecule has 0 N–H and O–H groups in total. The molecule has 1 fully saturated rings. The van der Waals surface area contributed by atoms with E-state index in [2.05, 4.69) is 4.98 Å². The summed E-state index contributed by atoms with van der Waals surface area (Å²) < 4.78 is 0. The zero-order valence-corrected chi connectivity index (χ0v) is 14.6. The predicted molar refractivity (Wildman–Crippen MR) is 95.4 cm³/mol. The number of aromatic nitrogens is 1. The third kappa shape index (κ3) is 3.40. The number of hydrogen-bond donors (Lipinski definition) is 0. The highest BCUT2D eigenvalue weighted by Gasteiger charge is 2.46. The van der Waals surface area contributed by atoms with Crippen molar-refractivity contribution in [1.82, 2.24) is 14.8 Å². The number of carbonyl (C=O) groups excluding carboxylic acids is 2. The molecule has 5 heteroatoms. The number of carbonyl (C=O) groups is 2. The van der Waals surface area contributed by atoms with Crippen LogP contribution >= 0.6 is 0 Å². The Balaban J connectivity index is 1.97. The van der Waals surface area contributed by atoms with Gasteiger partial charge in [-0.05, 0) is 23.6 Å². The number of pyridine rings is 1. The summed E-state index contributed by atoms with van der Waals surface area (Å²) in [6, 6.07) is 13.0. The fourth-order valence-corrected chi connectivity index (χ4v) is 3.42. The lowest BCUT2D eigenvalue weighted by atomic mass is 10.1. The molecule has 0 radical (unpaired) electrons. The van der Waals surface area contributed by atoms with Gasteiger partial charge in [0.05, 0.1) is 0 Å². The Morgan fingerprint density at radius 3 is 2.56 bits per heavy atom. The molecule has 3 rings (SSSR count). The van der Waals surface area contributed by atoms with Gasteiger partial charge in [0.15, 0.2) is 0 Å². The van der Waals surface area contributed by atoms with Crippen LogP contribution in [0, 0.1) is 0 Å². The molecule has 2 atom stereocenters. The average molecular weight is 337 g/mol. The van der Waals surface area contributed by atoms with Gasteiger partial charge in [-0.1, -0.05) is 43.3 Å². The van der Waals surface area contributed by atoms with Crippen LogP contribution in [0.1, 0.15) is 37.1 Å². The fraction of sp³-hybridized carbons (Fsp3) is 0.350. The minimum absolute atomic E-state index is 0.0166. The van der Waals surface area contributed by atoms with E-state index < -0.39 is 6.04 Å². The summed E-state index contributed by atoms with van der Waals surface area (Å²) in [7, 11) is 1.77. The van der Waals surface area contributed by atoms with Gasteiger partial charge in [0.25, 0.3) is 0 Å². The molecule has 0 spiro atoms. The number of amides is 2. The molecule has 5 nitrogen and oxygen atoms in total. The van der Waals surface area contributed by atoms with E-state index in [0.29, 0.717) is 12.8 Å². The van der Waals surface area contributed by atoms with Crippen molar-refractivity contribution in [2.75, 3.05) is 7.05 Å². The van der Waals surface area contributed by atoms with Crippen molar-refractivity contribution in [3.05, 3.63) is 66.0 Å². The van der Waals surface area contributed by atoms with Gasteiger partial charge >= 0.3 is 0 Å². The van der Waals surface area contributed by atoms with Crippen LogP contribution in [0.25, 0.3) is 0 Å². The molecule has 0 bridgehead atoms. The topological polar surface area (TPSA) is 53.5 Å². The van der Waals surface area contributed by atoms with E-state index in [1.54, 1.807) is 29.2 Å². The molecule has 1 saturated heterocycles. The first kappa shape index (κ1) is 17.1. The maximum Gasteiger partial charge on any atom is 0.247 e. The van der Waals surface area contributed by atoms with Crippen LogP contribution in [0.2, 0.25) is 0 Å². The third-order valence-electron chi connectivity index (χ3n) is 4.60. The molecule has 2 aromatic rings. The number of benzene rings is 1. The van der Waals surface area contributed by atoms with Crippen LogP contribution in [0.4, 0.5) is 0 Å². The lowest BCUT2D eigenvalue weighted by Gasteiger charge is -2.30. The zero-order valence-electron chi connectivity index (χ0n) is 14.6. The van der Waals surface area contributed by atoms with Gasteiger partial charge in [-0.2, -0.15) is 0 Å². The first-order valence-electron chi connectivity index (χ1n) is 8.65. The van der Waals surface area contributed by atoms with Gasteiger partial charge in [-0.25, -0.2) is 0 Å². The van der Waals surface area contributed by atoms with E-state index >= 15 is 0 Å². The highest BCUT2D eigenvalue weighted by atomic mass is 16.2. The minimum atomic E-state index is -0.488. The summed E-state index contributed by atoms with van der Waals surface area (Å²) in [6.07, 6.45) is 4.79. The fourth-order valence-electron chi connectivity index (χ4n) is 3.42. The number of nitrogens with zero attached hydrogens (tertiary/aromatic N) is 3. The quantitative estimate of drug-likeness (QED) is 0.843. The summed E-state index contributed by atoms with van der Waals surface area (Å²) >= 11 is 0. The normalized spacial score (nSPS) is 20.2. The van der Waals surface area contributed by atoms with E-state index in [0.717, 1.165) is 17.5 Å². The maximum absolute atomic E-state index is 12.9. The van der Waals surface area contributed by atoms with Crippen LogP contribution in [0.3, 0.4) is 0 Å². The second kappa shape index (κ2) is 7.47. The lowest BCUT2D eigenvalue weighted by Crippen LogP contribution is -2.40. The molecule has 1 aliphatic heterocycles. The molecule has 25 heavy (non-hydrogen) atoms. The zero-order chi connectivity index (χ0) is 17.8. The molecule has 130 valence electrons. The van der Waals surface area contributed by atoms with Crippen LogP contribution in [-0.4, -0.2) is 39.7 Å². The maximum atomic E-state index is 12.9. The van der Waals surface area contributed by atoms with Crippen molar-refractivity contribution in [2.45, 2.75) is 38.4 Å². The second-order valence-corrected chi connectivity index (χ2v) is 6.37. The Morgan fingerprint density at radius 2 is 1.92 bits per heavy atom. The molecule has 1 aromatic carbocycles. The Kier molecular flexibility index (Phi) is 5.12. The molecule has 1 aliphatic rings. The van der Waals surface area contributed by atoms with E-state index in [9.17, 15) is 9.59 Å². The minimum Gasteiger partial charge on any atom is -0.319 e. The van der Waals surface area contributed by atoms with E-state index in [-0.39, 0.29) is 18.0 Å². The molecule has 0 aliphatic carbocycles. The summed E-state index contributed by atoms with van der Waals surface area (Å²) in [5, 5.41) is 0. The first-order valence-corrected chi connectivity index (χ1v) is 8.65. The Hall–Kier alpha value is -2.69. The van der Waals surface area contributed by atoms with Gasteiger partial charge in [0.2, 0.25) is 11.8 Å². The predicted octanol–water partition coefficient (Wildman–Crippen LogP) is 2.79. The Labute approximate surface area is 148 Å². The van der Waals surface area contributed by atoms with Crippen LogP contribution < -0.4 is 0 Å². The Bertz CT molecular complexity index is 733. The average Bonchev–Trinajstić information content (AvgIpc) is 2.88. The summed E-state index contributed by atoms with van der Waals surface area (Å²) in [6.45, 7) is 1.98. The van der Waals surface area contributed by atoms with Gasteiger partial charge in [0, 0.05) is 32.3 Å². The van der Waals surface area contributed by atoms with Crippen molar-refractivity contribution < 1.29 is 9.59 Å². The summed E-state index contributed by atoms with van der Waals surface area (Å²) in [5.74, 6) is -0.00916. The highest BCUT2D eigenvalue weighted by molar-refractivity contribution is 5.91. The van der Waals surface area contributed by atoms with Crippen molar-refractivity contribution in [3.8, 4) is 0 Å². The number of rotatable bonds is 5. The molecule has 0 saturated carbocycles. The smallest absolute Gasteiger partial charge is 0.247 e. The first-order chi connectivity index (χ1) is 12.1. The van der Waals surface area contributed by atoms with Crippen molar-refractivity contribution >= 4 is 11.8 Å². The van der Waals surface area contributed by atoms with E-state index in [1.807, 2.05) is 49.4 Å². The Morgan fingerprint density at radius 1 is 1.16 bits per heavy atom. The second-order valence-electron chi connectivity index (χ2n) is 6.37. The van der Waals surface area contributed by atoms with Gasteiger partial charge < -0.3 is 9.80 Å². The van der Waals surface area contributed by atoms with Gasteiger partial charge in [-0.3, -0.25) is 14.6 Å². The highest BCUT2D eigenvalue weighted by Crippen LogP contribution is 2.35. The number of hydrogen-bond acceptors (Lipinski definition) is 3. The third-order valence-corrected chi connectivity index (χ3v) is 4.60. The van der Waals surface area contributed by atoms with Gasteiger partial charge in [-0.15, -0.1) is 0 Å². The van der Waals surface area contributed by atoms with Crippen LogP contribution in [0.15, 0.2) is 54.9 Å². The van der Waals surface area contributed by atoms with Crippen molar-refractivity contribution in [1.29, 1.82) is 0 Å². The summed E-state index contributed by atoms with van der Waals surface area (Å²) in [5.41, 5.74) is 1.91. The van der Waals surface area contributed by atoms with Gasteiger partial charge in [0.1, 0.15) is 12.2 Å². The van der Waals surface area contributed by atoms with Crippen molar-refractivity contribution in [2.24, 2.45) is 0 Å². The van der Waals surface area contributed by atoms with E-state index in [4.69, 9.17) is 0 Å². The SMILES string of the molecule is CCCC(=O)N1C(Cc2cccnc2)C(=O)N(C)C1c1ccccc1. The number of likely N-dealkylation sites (N-methyl/N-ethyl adjacent to an activating group) is 1. The molecular weight excluding hydrogens is 314 g/mol. The van der Waals surface area contributed by atoms with Crippen molar-refractivity contribution in [3.63, 3.8) is 0 Å². The standard InChI is InChI=1S/C20H23N3O2/c1-3-8-18(24)23-17(13-15-9-7-12-21-14-15)20(25)22(2)19(23)16-10-5-4-6-11-16/h4-7,9-12,14,17,19H,3,8,13H2,1-2H3. The monoisotopic (exact) mass is 337 g/mol. The molecule has 1 aromatic heterocycles.